The minimum absolute atomic E-state index is 0.278. The van der Waals surface area contributed by atoms with Crippen molar-refractivity contribution in [3.63, 3.8) is 0 Å². The fraction of sp³-hybridized carbons (Fsp3) is 0.583. The van der Waals surface area contributed by atoms with E-state index in [1.54, 1.807) is 17.7 Å². The highest BCUT2D eigenvalue weighted by molar-refractivity contribution is 7.26. The average Bonchev–Trinajstić information content (AvgIpc) is 3.33. The summed E-state index contributed by atoms with van der Waals surface area (Å²) in [6, 6.07) is 0. The van der Waals surface area contributed by atoms with E-state index in [4.69, 9.17) is 9.97 Å². The third-order valence-corrected chi connectivity index (χ3v) is 7.88. The van der Waals surface area contributed by atoms with Gasteiger partial charge in [-0.25, -0.2) is 15.0 Å². The summed E-state index contributed by atoms with van der Waals surface area (Å²) in [6.45, 7) is 7.21. The number of carbonyl (C=O) groups excluding carboxylic acids is 1. The Kier molecular flexibility index (Phi) is 5.43. The lowest BCUT2D eigenvalue weighted by Crippen LogP contribution is -2.27. The Bertz CT molecular complexity index is 1180. The molecular formula is C24H32N6OS. The summed E-state index contributed by atoms with van der Waals surface area (Å²) in [5, 5.41) is 4.72. The van der Waals surface area contributed by atoms with Crippen LogP contribution in [0.15, 0.2) is 6.33 Å². The SMILES string of the molecule is CN(C)c1nc2sc3c(NCCCN4CCCC4=O)ncnc3c2c2c1CCC(C)(C)C2. The van der Waals surface area contributed by atoms with Crippen molar-refractivity contribution >= 4 is 49.3 Å². The van der Waals surface area contributed by atoms with E-state index < -0.39 is 0 Å². The number of hydrogen-bond acceptors (Lipinski definition) is 7. The monoisotopic (exact) mass is 452 g/mol. The van der Waals surface area contributed by atoms with Gasteiger partial charge in [-0.3, -0.25) is 4.79 Å². The molecule has 1 fully saturated rings. The van der Waals surface area contributed by atoms with Crippen LogP contribution < -0.4 is 10.2 Å². The lowest BCUT2D eigenvalue weighted by molar-refractivity contribution is -0.127. The van der Waals surface area contributed by atoms with E-state index in [1.807, 2.05) is 4.90 Å². The Labute approximate surface area is 193 Å². The fourth-order valence-corrected chi connectivity index (χ4v) is 6.22. The van der Waals surface area contributed by atoms with Crippen LogP contribution in [0.5, 0.6) is 0 Å². The number of likely N-dealkylation sites (tertiary alicyclic amines) is 1. The highest BCUT2D eigenvalue weighted by Crippen LogP contribution is 2.45. The van der Waals surface area contributed by atoms with E-state index in [-0.39, 0.29) is 11.3 Å². The van der Waals surface area contributed by atoms with Crippen molar-refractivity contribution in [3.05, 3.63) is 17.5 Å². The second-order valence-corrected chi connectivity index (χ2v) is 11.1. The molecule has 1 amide bonds. The van der Waals surface area contributed by atoms with Crippen molar-refractivity contribution in [1.82, 2.24) is 19.9 Å². The fourth-order valence-electron chi connectivity index (χ4n) is 5.10. The van der Waals surface area contributed by atoms with Crippen LogP contribution in [0.3, 0.4) is 0 Å². The van der Waals surface area contributed by atoms with E-state index in [9.17, 15) is 4.79 Å². The molecule has 1 N–H and O–H groups in total. The highest BCUT2D eigenvalue weighted by atomic mass is 32.1. The van der Waals surface area contributed by atoms with Crippen LogP contribution in [0.2, 0.25) is 0 Å². The molecule has 4 heterocycles. The van der Waals surface area contributed by atoms with Crippen LogP contribution in [0, 0.1) is 5.41 Å². The molecule has 0 atom stereocenters. The summed E-state index contributed by atoms with van der Waals surface area (Å²) < 4.78 is 1.08. The molecule has 8 heteroatoms. The van der Waals surface area contributed by atoms with Crippen molar-refractivity contribution < 1.29 is 4.79 Å². The highest BCUT2D eigenvalue weighted by Gasteiger charge is 2.31. The molecular weight excluding hydrogens is 420 g/mol. The first-order valence-corrected chi connectivity index (χ1v) is 12.4. The molecule has 7 nitrogen and oxygen atoms in total. The van der Waals surface area contributed by atoms with Crippen molar-refractivity contribution in [1.29, 1.82) is 0 Å². The van der Waals surface area contributed by atoms with Crippen molar-refractivity contribution in [2.75, 3.05) is 43.9 Å². The molecule has 0 radical (unpaired) electrons. The summed E-state index contributed by atoms with van der Waals surface area (Å²) in [4.78, 5) is 31.3. The normalized spacial score (nSPS) is 17.9. The Morgan fingerprint density at radius 3 is 2.81 bits per heavy atom. The van der Waals surface area contributed by atoms with Gasteiger partial charge < -0.3 is 15.1 Å². The molecule has 1 aliphatic carbocycles. The lowest BCUT2D eigenvalue weighted by atomic mass is 9.73. The molecule has 1 aliphatic heterocycles. The topological polar surface area (TPSA) is 74.2 Å². The molecule has 0 saturated carbocycles. The first-order valence-electron chi connectivity index (χ1n) is 11.6. The number of fused-ring (bicyclic) bond motifs is 5. The number of anilines is 2. The predicted molar refractivity (Wildman–Crippen MR) is 132 cm³/mol. The summed E-state index contributed by atoms with van der Waals surface area (Å²) in [5.74, 6) is 2.25. The largest absolute Gasteiger partial charge is 0.369 e. The van der Waals surface area contributed by atoms with Gasteiger partial charge in [0.2, 0.25) is 5.91 Å². The summed E-state index contributed by atoms with van der Waals surface area (Å²) in [6.07, 6.45) is 7.55. The maximum atomic E-state index is 11.8. The summed E-state index contributed by atoms with van der Waals surface area (Å²) in [7, 11) is 4.17. The standard InChI is InChI=1S/C24H32N6OS/c1-24(2)9-8-15-16(13-24)18-19-20(32-23(18)28-22(15)29(3)4)21(27-14-26-19)25-10-6-12-30-11-5-7-17(30)31/h14H,5-13H2,1-4H3,(H,25,26,27). The van der Waals surface area contributed by atoms with Gasteiger partial charge in [0, 0.05) is 45.5 Å². The van der Waals surface area contributed by atoms with Gasteiger partial charge in [0.25, 0.3) is 0 Å². The average molecular weight is 453 g/mol. The van der Waals surface area contributed by atoms with Gasteiger partial charge >= 0.3 is 0 Å². The zero-order valence-corrected chi connectivity index (χ0v) is 20.3. The van der Waals surface area contributed by atoms with E-state index >= 15 is 0 Å². The number of amides is 1. The van der Waals surface area contributed by atoms with Crippen molar-refractivity contribution in [2.24, 2.45) is 5.41 Å². The second kappa shape index (κ2) is 8.14. The first kappa shape index (κ1) is 21.4. The first-order chi connectivity index (χ1) is 15.3. The zero-order valence-electron chi connectivity index (χ0n) is 19.5. The molecule has 3 aromatic heterocycles. The minimum atomic E-state index is 0.278. The Balaban J connectivity index is 1.49. The second-order valence-electron chi connectivity index (χ2n) is 10.1. The number of nitrogens with one attached hydrogen (secondary N) is 1. The number of carbonyl (C=O) groups is 1. The Hall–Kier alpha value is -2.48. The molecule has 0 unspecified atom stereocenters. The quantitative estimate of drug-likeness (QED) is 0.564. The molecule has 170 valence electrons. The predicted octanol–water partition coefficient (Wildman–Crippen LogP) is 4.24. The van der Waals surface area contributed by atoms with Gasteiger partial charge in [-0.1, -0.05) is 13.8 Å². The summed E-state index contributed by atoms with van der Waals surface area (Å²) in [5.41, 5.74) is 4.09. The van der Waals surface area contributed by atoms with E-state index in [0.717, 1.165) is 72.0 Å². The smallest absolute Gasteiger partial charge is 0.222 e. The number of thiophene rings is 1. The van der Waals surface area contributed by atoms with Crippen LogP contribution in [0.25, 0.3) is 20.4 Å². The minimum Gasteiger partial charge on any atom is -0.369 e. The summed E-state index contributed by atoms with van der Waals surface area (Å²) >= 11 is 1.69. The van der Waals surface area contributed by atoms with Gasteiger partial charge in [-0.15, -0.1) is 11.3 Å². The number of rotatable bonds is 6. The maximum absolute atomic E-state index is 11.8. The van der Waals surface area contributed by atoms with E-state index in [1.165, 1.54) is 22.9 Å². The van der Waals surface area contributed by atoms with Gasteiger partial charge in [0.15, 0.2) is 0 Å². The molecule has 1 saturated heterocycles. The third kappa shape index (κ3) is 3.78. The maximum Gasteiger partial charge on any atom is 0.222 e. The molecule has 5 rings (SSSR count). The number of nitrogens with zero attached hydrogens (tertiary/aromatic N) is 5. The Morgan fingerprint density at radius 2 is 2.06 bits per heavy atom. The Morgan fingerprint density at radius 1 is 1.22 bits per heavy atom. The number of pyridine rings is 1. The molecule has 0 spiro atoms. The molecule has 2 aliphatic rings. The van der Waals surface area contributed by atoms with Gasteiger partial charge in [0.05, 0.1) is 10.2 Å². The van der Waals surface area contributed by atoms with Crippen LogP contribution in [-0.4, -0.2) is 59.5 Å². The molecule has 0 aromatic carbocycles. The number of hydrogen-bond donors (Lipinski definition) is 1. The number of aromatic nitrogens is 3. The molecule has 0 bridgehead atoms. The van der Waals surface area contributed by atoms with Gasteiger partial charge in [0.1, 0.15) is 22.8 Å². The van der Waals surface area contributed by atoms with Crippen molar-refractivity contribution in [2.45, 2.75) is 52.4 Å². The lowest BCUT2D eigenvalue weighted by Gasteiger charge is -2.33. The van der Waals surface area contributed by atoms with Crippen LogP contribution in [-0.2, 0) is 17.6 Å². The molecule has 3 aromatic rings. The van der Waals surface area contributed by atoms with Crippen LogP contribution >= 0.6 is 11.3 Å². The van der Waals surface area contributed by atoms with Gasteiger partial charge in [-0.2, -0.15) is 0 Å². The van der Waals surface area contributed by atoms with E-state index in [0.29, 0.717) is 6.42 Å². The zero-order chi connectivity index (χ0) is 22.5. The van der Waals surface area contributed by atoms with Crippen LogP contribution in [0.1, 0.15) is 50.7 Å². The molecule has 32 heavy (non-hydrogen) atoms. The van der Waals surface area contributed by atoms with Crippen LogP contribution in [0.4, 0.5) is 11.6 Å². The van der Waals surface area contributed by atoms with E-state index in [2.05, 4.69) is 43.1 Å². The van der Waals surface area contributed by atoms with Gasteiger partial charge in [-0.05, 0) is 48.6 Å². The van der Waals surface area contributed by atoms with Crippen molar-refractivity contribution in [3.8, 4) is 0 Å². The third-order valence-electron chi connectivity index (χ3n) is 6.80.